The maximum absolute atomic E-state index is 12.8. The number of alkyl halides is 3. The van der Waals surface area contributed by atoms with Crippen LogP contribution in [0.4, 0.5) is 13.2 Å². The molecule has 1 nitrogen and oxygen atoms in total. The van der Waals surface area contributed by atoms with Crippen molar-refractivity contribution in [3.05, 3.63) is 88.5 Å². The number of hydrogen-bond donors (Lipinski definition) is 0. The van der Waals surface area contributed by atoms with Crippen LogP contribution in [0.2, 0.25) is 5.79 Å². The van der Waals surface area contributed by atoms with Crippen LogP contribution in [-0.4, -0.2) is 4.98 Å². The van der Waals surface area contributed by atoms with E-state index < -0.39 is 25.9 Å². The summed E-state index contributed by atoms with van der Waals surface area (Å²) in [4.78, 5) is 4.56. The molecule has 0 radical (unpaired) electrons. The Labute approximate surface area is 184 Å². The van der Waals surface area contributed by atoms with Crippen LogP contribution in [0, 0.1) is 0 Å². The third kappa shape index (κ3) is 4.87. The van der Waals surface area contributed by atoms with E-state index in [0.717, 1.165) is 40.6 Å². The molecule has 1 aliphatic carbocycles. The molecule has 0 saturated carbocycles. The summed E-state index contributed by atoms with van der Waals surface area (Å²) in [6, 6.07) is 15.7. The number of fused-ring (bicyclic) bond motifs is 1. The molecule has 2 aromatic carbocycles. The molecule has 0 unspecified atom stereocenters. The van der Waals surface area contributed by atoms with E-state index in [1.165, 1.54) is 8.86 Å². The summed E-state index contributed by atoms with van der Waals surface area (Å²) in [7, 11) is 0. The SMILES string of the molecule is Cl.Cl.[CH3][Cr]([C]1=CC(c2ccc(C(F)(F)F)cc2)=CC1)[c]1cccc2cccnc12. The van der Waals surface area contributed by atoms with Crippen molar-refractivity contribution in [1.82, 2.24) is 4.98 Å². The van der Waals surface area contributed by atoms with Gasteiger partial charge in [0.05, 0.1) is 0 Å². The molecule has 0 fully saturated rings. The van der Waals surface area contributed by atoms with Crippen LogP contribution in [0.25, 0.3) is 16.5 Å². The Morgan fingerprint density at radius 1 is 0.931 bits per heavy atom. The van der Waals surface area contributed by atoms with Crippen LogP contribution in [0.5, 0.6) is 0 Å². The van der Waals surface area contributed by atoms with Crippen molar-refractivity contribution in [2.75, 3.05) is 0 Å². The molecule has 153 valence electrons. The zero-order chi connectivity index (χ0) is 19.0. The number of pyridine rings is 1. The van der Waals surface area contributed by atoms with Gasteiger partial charge in [-0.3, -0.25) is 0 Å². The maximum atomic E-state index is 12.8. The molecule has 29 heavy (non-hydrogen) atoms. The monoisotopic (exact) mass is 476 g/mol. The molecule has 0 amide bonds. The van der Waals surface area contributed by atoms with Crippen molar-refractivity contribution in [3.8, 4) is 0 Å². The summed E-state index contributed by atoms with van der Waals surface area (Å²) in [5.41, 5.74) is 2.27. The topological polar surface area (TPSA) is 12.9 Å². The van der Waals surface area contributed by atoms with Crippen LogP contribution in [0.15, 0.2) is 77.4 Å². The second-order valence-corrected chi connectivity index (χ2v) is 9.49. The first kappa shape index (κ1) is 23.5. The minimum atomic E-state index is -4.30. The van der Waals surface area contributed by atoms with Gasteiger partial charge < -0.3 is 0 Å². The Morgan fingerprint density at radius 3 is 2.31 bits per heavy atom. The normalized spacial score (nSPS) is 13.6. The van der Waals surface area contributed by atoms with Gasteiger partial charge in [-0.2, -0.15) is 0 Å². The summed E-state index contributed by atoms with van der Waals surface area (Å²) in [6.07, 6.45) is 2.62. The van der Waals surface area contributed by atoms with E-state index in [9.17, 15) is 13.2 Å². The standard InChI is InChI=1S/C12H8F3.C9H6N.CH3.2ClH.Cr/c13-12(14,15)11-7-5-10(6-8-11)9-3-1-2-4-9;1-2-6-9-8(4-1)5-3-7-10-9;;;;/h3-8H,1H2;1-5,7H;1H3;2*1H;. The third-order valence-electron chi connectivity index (χ3n) is 4.70. The molecule has 4 rings (SSSR count). The molecule has 0 N–H and O–H groups in total. The minimum absolute atomic E-state index is 0. The molecule has 1 heterocycles. The second-order valence-electron chi connectivity index (χ2n) is 6.39. The number of nitrogens with zero attached hydrogens (tertiary/aromatic N) is 1. The average Bonchev–Trinajstić information content (AvgIpc) is 3.16. The number of para-hydroxylation sites is 1. The predicted molar refractivity (Wildman–Crippen MR) is 114 cm³/mol. The van der Waals surface area contributed by atoms with Crippen LogP contribution >= 0.6 is 24.8 Å². The van der Waals surface area contributed by atoms with E-state index in [-0.39, 0.29) is 24.8 Å². The van der Waals surface area contributed by atoms with Crippen LogP contribution in [-0.2, 0) is 20.3 Å². The van der Waals surface area contributed by atoms with E-state index in [2.05, 4.69) is 47.2 Å². The molecule has 0 bridgehead atoms. The molecule has 1 aromatic heterocycles. The van der Waals surface area contributed by atoms with Gasteiger partial charge >= 0.3 is 160 Å². The van der Waals surface area contributed by atoms with Crippen LogP contribution in [0.1, 0.15) is 17.5 Å². The second kappa shape index (κ2) is 9.36. The molecule has 0 aliphatic heterocycles. The fourth-order valence-corrected chi connectivity index (χ4v) is 5.83. The van der Waals surface area contributed by atoms with Crippen molar-refractivity contribution >= 4 is 45.7 Å². The number of rotatable bonds is 3. The van der Waals surface area contributed by atoms with E-state index in [1.54, 1.807) is 12.1 Å². The summed E-state index contributed by atoms with van der Waals surface area (Å²) >= 11 is -1.24. The van der Waals surface area contributed by atoms with Gasteiger partial charge in [0.25, 0.3) is 0 Å². The van der Waals surface area contributed by atoms with Crippen molar-refractivity contribution < 1.29 is 27.3 Å². The van der Waals surface area contributed by atoms with Crippen LogP contribution < -0.4 is 4.43 Å². The fraction of sp³-hybridized carbons (Fsp3) is 0.136. The summed E-state index contributed by atoms with van der Waals surface area (Å²) in [5.74, 6) is 2.28. The van der Waals surface area contributed by atoms with Gasteiger partial charge in [-0.1, -0.05) is 0 Å². The van der Waals surface area contributed by atoms with Crippen molar-refractivity contribution in [2.45, 2.75) is 18.4 Å². The van der Waals surface area contributed by atoms with Gasteiger partial charge in [-0.25, -0.2) is 0 Å². The quantitative estimate of drug-likeness (QED) is 0.406. The van der Waals surface area contributed by atoms with E-state index in [4.69, 9.17) is 0 Å². The molecule has 0 saturated heterocycles. The number of aromatic nitrogens is 1. The zero-order valence-electron chi connectivity index (χ0n) is 15.4. The van der Waals surface area contributed by atoms with Crippen molar-refractivity contribution in [2.24, 2.45) is 0 Å². The Balaban J connectivity index is 0.00000150. The molecule has 1 aliphatic rings. The number of benzene rings is 2. The van der Waals surface area contributed by atoms with Gasteiger partial charge in [0.15, 0.2) is 0 Å². The Hall–Kier alpha value is -1.77. The zero-order valence-corrected chi connectivity index (χ0v) is 18.3. The summed E-state index contributed by atoms with van der Waals surface area (Å²) in [5, 5.41) is 1.14. The number of halogens is 5. The molecule has 0 atom stereocenters. The molecule has 7 heteroatoms. The first-order valence-corrected chi connectivity index (χ1v) is 11.1. The van der Waals surface area contributed by atoms with E-state index in [1.807, 2.05) is 12.3 Å². The first-order chi connectivity index (χ1) is 12.9. The Kier molecular flexibility index (Phi) is 7.59. The summed E-state index contributed by atoms with van der Waals surface area (Å²) < 4.78 is 40.9. The first-order valence-electron chi connectivity index (χ1n) is 8.51. The van der Waals surface area contributed by atoms with Gasteiger partial charge in [0, 0.05) is 0 Å². The van der Waals surface area contributed by atoms with E-state index >= 15 is 0 Å². The number of hydrogen-bond acceptors (Lipinski definition) is 1. The average molecular weight is 477 g/mol. The Bertz CT molecular complexity index is 1050. The van der Waals surface area contributed by atoms with Gasteiger partial charge in [0.2, 0.25) is 0 Å². The third-order valence-corrected chi connectivity index (χ3v) is 7.92. The van der Waals surface area contributed by atoms with Crippen molar-refractivity contribution in [3.63, 3.8) is 0 Å². The van der Waals surface area contributed by atoms with Gasteiger partial charge in [-0.15, -0.1) is 24.8 Å². The summed E-state index contributed by atoms with van der Waals surface area (Å²) in [6.45, 7) is 0. The molecular formula is C22H19Cl2CrF3N. The predicted octanol–water partition coefficient (Wildman–Crippen LogP) is 6.76. The van der Waals surface area contributed by atoms with E-state index in [0.29, 0.717) is 0 Å². The Morgan fingerprint density at radius 2 is 1.62 bits per heavy atom. The molecular weight excluding hydrogens is 458 g/mol. The van der Waals surface area contributed by atoms with Crippen molar-refractivity contribution in [1.29, 1.82) is 0 Å². The molecule has 0 spiro atoms. The van der Waals surface area contributed by atoms with Gasteiger partial charge in [-0.05, 0) is 0 Å². The van der Waals surface area contributed by atoms with Gasteiger partial charge in [0.1, 0.15) is 0 Å². The molecule has 3 aromatic rings. The number of allylic oxidation sites excluding steroid dienone is 4. The fourth-order valence-electron chi connectivity index (χ4n) is 3.23. The van der Waals surface area contributed by atoms with Crippen LogP contribution in [0.3, 0.4) is 0 Å².